The van der Waals surface area contributed by atoms with Gasteiger partial charge in [0.1, 0.15) is 18.0 Å². The Morgan fingerprint density at radius 1 is 1.21 bits per heavy atom. The maximum Gasteiger partial charge on any atom is 0.330 e. The van der Waals surface area contributed by atoms with E-state index in [0.717, 1.165) is 17.7 Å². The molecule has 1 saturated carbocycles. The molecule has 3 rings (SSSR count). The fraction of sp³-hybridized carbons (Fsp3) is 0.615. The Morgan fingerprint density at radius 3 is 2.45 bits per heavy atom. The molecule has 182 valence electrons. The highest BCUT2D eigenvalue weighted by molar-refractivity contribution is 6.74. The minimum atomic E-state index is -2.05. The van der Waals surface area contributed by atoms with Crippen molar-refractivity contribution < 1.29 is 28.2 Å². The number of esters is 1. The Bertz CT molecular complexity index is 870. The average Bonchev–Trinajstić information content (AvgIpc) is 3.53. The second kappa shape index (κ2) is 10.1. The van der Waals surface area contributed by atoms with E-state index in [4.69, 9.17) is 18.6 Å². The molecule has 0 unspecified atom stereocenters. The summed E-state index contributed by atoms with van der Waals surface area (Å²) >= 11 is 0. The van der Waals surface area contributed by atoms with Gasteiger partial charge in [-0.15, -0.1) is 0 Å². The molecular formula is C26H38O6Si. The third kappa shape index (κ3) is 6.34. The van der Waals surface area contributed by atoms with Crippen LogP contribution in [0.4, 0.5) is 0 Å². The number of ether oxygens (including phenoxy) is 3. The van der Waals surface area contributed by atoms with Gasteiger partial charge in [0.2, 0.25) is 0 Å². The molecule has 33 heavy (non-hydrogen) atoms. The lowest BCUT2D eigenvalue weighted by Crippen LogP contribution is -2.45. The molecule has 0 spiro atoms. The zero-order chi connectivity index (χ0) is 24.4. The average molecular weight is 475 g/mol. The molecule has 0 aromatic heterocycles. The lowest BCUT2D eigenvalue weighted by molar-refractivity contribution is -0.155. The van der Waals surface area contributed by atoms with Crippen LogP contribution < -0.4 is 4.74 Å². The van der Waals surface area contributed by atoms with E-state index in [9.17, 15) is 9.59 Å². The van der Waals surface area contributed by atoms with E-state index in [1.165, 1.54) is 6.08 Å². The van der Waals surface area contributed by atoms with Gasteiger partial charge in [-0.3, -0.25) is 4.79 Å². The molecule has 0 N–H and O–H groups in total. The quantitative estimate of drug-likeness (QED) is 0.348. The first-order chi connectivity index (χ1) is 15.4. The maximum absolute atomic E-state index is 13.2. The summed E-state index contributed by atoms with van der Waals surface area (Å²) in [7, 11) is -0.416. The van der Waals surface area contributed by atoms with Gasteiger partial charge in [-0.2, -0.15) is 0 Å². The molecule has 1 aliphatic heterocycles. The van der Waals surface area contributed by atoms with Gasteiger partial charge in [0.05, 0.1) is 19.8 Å². The molecule has 1 aliphatic carbocycles. The number of ketones is 1. The van der Waals surface area contributed by atoms with Crippen molar-refractivity contribution in [1.82, 2.24) is 0 Å². The number of carbonyl (C=O) groups excluding carboxylic acids is 2. The summed E-state index contributed by atoms with van der Waals surface area (Å²) in [6, 6.07) is 7.68. The maximum atomic E-state index is 13.2. The highest BCUT2D eigenvalue weighted by atomic mass is 28.4. The zero-order valence-electron chi connectivity index (χ0n) is 20.9. The van der Waals surface area contributed by atoms with Gasteiger partial charge in [-0.1, -0.05) is 39.0 Å². The number of carbonyl (C=O) groups is 2. The van der Waals surface area contributed by atoms with Crippen molar-refractivity contribution in [2.24, 2.45) is 11.8 Å². The molecule has 1 aromatic rings. The van der Waals surface area contributed by atoms with Crippen LogP contribution in [0.1, 0.15) is 46.1 Å². The molecule has 7 heteroatoms. The second-order valence-electron chi connectivity index (χ2n) is 10.7. The van der Waals surface area contributed by atoms with Gasteiger partial charge >= 0.3 is 5.97 Å². The largest absolute Gasteiger partial charge is 0.497 e. The molecule has 2 aliphatic rings. The normalized spacial score (nSPS) is 24.7. The van der Waals surface area contributed by atoms with E-state index in [1.807, 2.05) is 37.3 Å². The highest BCUT2D eigenvalue weighted by Gasteiger charge is 2.53. The summed E-state index contributed by atoms with van der Waals surface area (Å²) in [6.07, 6.45) is 3.42. The fourth-order valence-electron chi connectivity index (χ4n) is 4.04. The summed E-state index contributed by atoms with van der Waals surface area (Å²) < 4.78 is 23.4. The molecule has 5 atom stereocenters. The molecule has 0 saturated heterocycles. The van der Waals surface area contributed by atoms with Gasteiger partial charge in [-0.25, -0.2) is 4.79 Å². The number of hydrogen-bond acceptors (Lipinski definition) is 6. The van der Waals surface area contributed by atoms with Crippen molar-refractivity contribution in [2.75, 3.05) is 7.11 Å². The predicted octanol–water partition coefficient (Wildman–Crippen LogP) is 5.07. The molecule has 0 radical (unpaired) electrons. The van der Waals surface area contributed by atoms with E-state index < -0.39 is 14.4 Å². The van der Waals surface area contributed by atoms with Crippen LogP contribution in [0, 0.1) is 11.8 Å². The molecule has 1 heterocycles. The van der Waals surface area contributed by atoms with Gasteiger partial charge < -0.3 is 18.6 Å². The van der Waals surface area contributed by atoms with Crippen LogP contribution in [-0.2, 0) is 30.1 Å². The number of methoxy groups -OCH3 is 1. The first-order valence-corrected chi connectivity index (χ1v) is 14.7. The van der Waals surface area contributed by atoms with Crippen molar-refractivity contribution >= 4 is 20.1 Å². The van der Waals surface area contributed by atoms with Crippen molar-refractivity contribution in [3.05, 3.63) is 42.0 Å². The molecule has 1 fully saturated rings. The standard InChI is InChI=1S/C26H38O6Si/c1-17(32-33(6,7)26(2,3)4)24(28)20-15-21(20)25(22-9-8-10-23(27)31-22)30-16-18-11-13-19(29-5)14-12-18/h8,10-14,17,20-22,25H,9,15-16H2,1-7H3/t17-,20-,21-,22+,25-/m0/s1. The highest BCUT2D eigenvalue weighted by Crippen LogP contribution is 2.47. The molecule has 6 nitrogen and oxygen atoms in total. The summed E-state index contributed by atoms with van der Waals surface area (Å²) in [4.78, 5) is 25.1. The Morgan fingerprint density at radius 2 is 1.88 bits per heavy atom. The SMILES string of the molecule is COc1ccc(CO[C@@H]([C@H]2C[C@@H]2C(=O)[C@H](C)O[Si](C)(C)C(C)(C)C)[C@H]2CC=CC(=O)O2)cc1. The Labute approximate surface area is 198 Å². The third-order valence-corrected chi connectivity index (χ3v) is 11.7. The predicted molar refractivity (Wildman–Crippen MR) is 130 cm³/mol. The van der Waals surface area contributed by atoms with Gasteiger partial charge in [-0.05, 0) is 55.1 Å². The van der Waals surface area contributed by atoms with E-state index in [2.05, 4.69) is 33.9 Å². The summed E-state index contributed by atoms with van der Waals surface area (Å²) in [6.45, 7) is 13.1. The van der Waals surface area contributed by atoms with Crippen molar-refractivity contribution in [3.63, 3.8) is 0 Å². The number of benzene rings is 1. The van der Waals surface area contributed by atoms with E-state index in [-0.39, 0.29) is 40.8 Å². The van der Waals surface area contributed by atoms with E-state index in [0.29, 0.717) is 13.0 Å². The number of hydrogen-bond donors (Lipinski definition) is 0. The van der Waals surface area contributed by atoms with Crippen LogP contribution >= 0.6 is 0 Å². The second-order valence-corrected chi connectivity index (χ2v) is 15.4. The Balaban J connectivity index is 1.67. The van der Waals surface area contributed by atoms with Crippen molar-refractivity contribution in [1.29, 1.82) is 0 Å². The third-order valence-electron chi connectivity index (χ3n) is 7.16. The monoisotopic (exact) mass is 474 g/mol. The summed E-state index contributed by atoms with van der Waals surface area (Å²) in [5.74, 6) is 0.439. The van der Waals surface area contributed by atoms with Crippen LogP contribution in [0.15, 0.2) is 36.4 Å². The summed E-state index contributed by atoms with van der Waals surface area (Å²) in [5, 5.41) is 0.0388. The molecule has 0 bridgehead atoms. The number of rotatable bonds is 10. The number of cyclic esters (lactones) is 1. The minimum absolute atomic E-state index is 0.0190. The molecule has 1 aromatic carbocycles. The first kappa shape index (κ1) is 25.7. The van der Waals surface area contributed by atoms with Crippen LogP contribution in [0.2, 0.25) is 18.1 Å². The van der Waals surface area contributed by atoms with E-state index in [1.54, 1.807) is 7.11 Å². The van der Waals surface area contributed by atoms with Crippen molar-refractivity contribution in [2.45, 2.75) is 83.6 Å². The van der Waals surface area contributed by atoms with Crippen LogP contribution in [0.5, 0.6) is 5.75 Å². The van der Waals surface area contributed by atoms with Crippen LogP contribution in [-0.4, -0.2) is 45.5 Å². The Hall–Kier alpha value is -1.96. The lowest BCUT2D eigenvalue weighted by Gasteiger charge is -2.38. The smallest absolute Gasteiger partial charge is 0.330 e. The minimum Gasteiger partial charge on any atom is -0.497 e. The van der Waals surface area contributed by atoms with Gasteiger partial charge in [0, 0.05) is 18.4 Å². The first-order valence-electron chi connectivity index (χ1n) is 11.8. The lowest BCUT2D eigenvalue weighted by atomic mass is 10.0. The zero-order valence-corrected chi connectivity index (χ0v) is 21.9. The topological polar surface area (TPSA) is 71.1 Å². The van der Waals surface area contributed by atoms with Gasteiger partial charge in [0.25, 0.3) is 0 Å². The van der Waals surface area contributed by atoms with Crippen LogP contribution in [0.25, 0.3) is 0 Å². The molecular weight excluding hydrogens is 436 g/mol. The van der Waals surface area contributed by atoms with Crippen LogP contribution in [0.3, 0.4) is 0 Å². The fourth-order valence-corrected chi connectivity index (χ4v) is 5.39. The summed E-state index contributed by atoms with van der Waals surface area (Å²) in [5.41, 5.74) is 0.997. The van der Waals surface area contributed by atoms with Gasteiger partial charge in [0.15, 0.2) is 14.1 Å². The molecule has 0 amide bonds. The number of Topliss-reactive ketones (excluding diaryl/α,β-unsaturated/α-hetero) is 1. The van der Waals surface area contributed by atoms with E-state index >= 15 is 0 Å². The van der Waals surface area contributed by atoms with Crippen molar-refractivity contribution in [3.8, 4) is 5.75 Å². The Kier molecular flexibility index (Phi) is 7.86.